The van der Waals surface area contributed by atoms with E-state index in [-0.39, 0.29) is 20.5 Å². The van der Waals surface area contributed by atoms with Crippen LogP contribution in [0.15, 0.2) is 54.6 Å². The number of rotatable bonds is 10. The first kappa shape index (κ1) is 25.2. The zero-order valence-electron chi connectivity index (χ0n) is 20.0. The quantitative estimate of drug-likeness (QED) is 0.226. The van der Waals surface area contributed by atoms with Crippen LogP contribution in [-0.4, -0.2) is 50.1 Å². The third-order valence-corrected chi connectivity index (χ3v) is 6.99. The van der Waals surface area contributed by atoms with Crippen LogP contribution in [0, 0.1) is 0 Å². The van der Waals surface area contributed by atoms with Crippen LogP contribution in [-0.2, 0) is 16.1 Å². The predicted octanol–water partition coefficient (Wildman–Crippen LogP) is 4.96. The zero-order chi connectivity index (χ0) is 24.1. The number of anilines is 2. The Morgan fingerprint density at radius 1 is 1.06 bits per heavy atom. The molecule has 0 bridgehead atoms. The van der Waals surface area contributed by atoms with E-state index in [0.29, 0.717) is 6.42 Å². The van der Waals surface area contributed by atoms with Gasteiger partial charge < -0.3 is 0 Å². The molecule has 176 valence electrons. The van der Waals surface area contributed by atoms with Crippen LogP contribution in [0.3, 0.4) is 0 Å². The summed E-state index contributed by atoms with van der Waals surface area (Å²) in [6.45, 7) is 12.2. The van der Waals surface area contributed by atoms with E-state index in [4.69, 9.17) is 9.26 Å². The zero-order valence-corrected chi connectivity index (χ0v) is 22.7. The van der Waals surface area contributed by atoms with E-state index in [9.17, 15) is 4.79 Å². The van der Waals surface area contributed by atoms with E-state index >= 15 is 0 Å². The fourth-order valence-electron chi connectivity index (χ4n) is 3.14. The summed E-state index contributed by atoms with van der Waals surface area (Å²) in [5.41, 5.74) is 1.42. The van der Waals surface area contributed by atoms with Gasteiger partial charge in [-0.05, 0) is 0 Å². The minimum absolute atomic E-state index is 0.0642. The van der Waals surface area contributed by atoms with Crippen molar-refractivity contribution in [1.29, 1.82) is 0 Å². The summed E-state index contributed by atoms with van der Waals surface area (Å²) in [4.78, 5) is 18.0. The van der Waals surface area contributed by atoms with Crippen molar-refractivity contribution in [3.8, 4) is 5.75 Å². The average Bonchev–Trinajstić information content (AvgIpc) is 3.17. The van der Waals surface area contributed by atoms with Crippen molar-refractivity contribution in [2.24, 2.45) is 0 Å². The first-order valence-corrected chi connectivity index (χ1v) is 16.0. The van der Waals surface area contributed by atoms with Gasteiger partial charge in [-0.1, -0.05) is 0 Å². The topological polar surface area (TPSA) is 76.6 Å². The SMILES string of the molecule is CC(C)(C)ON(C=O)C(Cc1nnc(Nc2ccccc2)[se]1)c1ccc(O[Si](C)(C)C)cc1. The van der Waals surface area contributed by atoms with Gasteiger partial charge in [0.1, 0.15) is 0 Å². The van der Waals surface area contributed by atoms with E-state index in [1.807, 2.05) is 75.4 Å². The molecule has 33 heavy (non-hydrogen) atoms. The molecule has 9 heteroatoms. The molecule has 7 nitrogen and oxygen atoms in total. The molecule has 1 atom stereocenters. The van der Waals surface area contributed by atoms with Gasteiger partial charge in [0.2, 0.25) is 0 Å². The molecule has 1 heterocycles. The van der Waals surface area contributed by atoms with Crippen molar-refractivity contribution in [2.45, 2.75) is 58.5 Å². The van der Waals surface area contributed by atoms with Gasteiger partial charge in [-0.2, -0.15) is 0 Å². The molecule has 0 aliphatic carbocycles. The van der Waals surface area contributed by atoms with Crippen LogP contribution < -0.4 is 9.74 Å². The van der Waals surface area contributed by atoms with E-state index in [0.717, 1.165) is 32.7 Å². The maximum atomic E-state index is 12.0. The molecule has 0 saturated heterocycles. The van der Waals surface area contributed by atoms with Crippen molar-refractivity contribution in [2.75, 3.05) is 5.32 Å². The number of carbonyl (C=O) groups excluding carboxylic acids is 1. The molecule has 0 saturated carbocycles. The Morgan fingerprint density at radius 3 is 2.30 bits per heavy atom. The normalized spacial score (nSPS) is 12.8. The van der Waals surface area contributed by atoms with Gasteiger partial charge in [-0.15, -0.1) is 0 Å². The van der Waals surface area contributed by atoms with Crippen molar-refractivity contribution in [3.63, 3.8) is 0 Å². The molecule has 3 aromatic rings. The van der Waals surface area contributed by atoms with Crippen LogP contribution in [0.2, 0.25) is 19.6 Å². The number of nitrogens with zero attached hydrogens (tertiary/aromatic N) is 3. The predicted molar refractivity (Wildman–Crippen MR) is 134 cm³/mol. The van der Waals surface area contributed by atoms with Crippen molar-refractivity contribution in [1.82, 2.24) is 15.3 Å². The van der Waals surface area contributed by atoms with E-state index in [1.54, 1.807) is 0 Å². The molecule has 1 aromatic heterocycles. The van der Waals surface area contributed by atoms with Crippen LogP contribution >= 0.6 is 0 Å². The summed E-state index contributed by atoms with van der Waals surface area (Å²) in [5.74, 6) is 0.839. The first-order chi connectivity index (χ1) is 15.5. The van der Waals surface area contributed by atoms with Crippen molar-refractivity contribution in [3.05, 3.63) is 64.7 Å². The number of nitrogens with one attached hydrogen (secondary N) is 1. The number of para-hydroxylation sites is 1. The molecule has 1 unspecified atom stereocenters. The molecule has 0 aliphatic rings. The molecular weight excluding hydrogens is 499 g/mol. The number of hydrogen-bond donors (Lipinski definition) is 1. The van der Waals surface area contributed by atoms with Gasteiger partial charge in [0.05, 0.1) is 0 Å². The van der Waals surface area contributed by atoms with Gasteiger partial charge in [-0.25, -0.2) is 0 Å². The molecule has 0 fully saturated rings. The summed E-state index contributed by atoms with van der Waals surface area (Å²) in [6, 6.07) is 17.5. The number of carbonyl (C=O) groups is 1. The molecule has 1 amide bonds. The van der Waals surface area contributed by atoms with E-state index < -0.39 is 13.9 Å². The second-order valence-electron chi connectivity index (χ2n) is 9.66. The molecule has 2 aromatic carbocycles. The number of hydroxylamine groups is 2. The van der Waals surface area contributed by atoms with Gasteiger partial charge in [-0.3, -0.25) is 0 Å². The van der Waals surface area contributed by atoms with Crippen LogP contribution in [0.4, 0.5) is 10.4 Å². The van der Waals surface area contributed by atoms with E-state index in [1.165, 1.54) is 5.06 Å². The van der Waals surface area contributed by atoms with Gasteiger partial charge in [0.15, 0.2) is 0 Å². The number of benzene rings is 2. The second kappa shape index (κ2) is 10.7. The first-order valence-electron chi connectivity index (χ1n) is 10.9. The standard InChI is InChI=1S/C24H32N4O3SeSi/c1-24(2,3)31-28(17-29)21(18-12-14-20(15-13-18)30-33(4,5)6)16-22-26-27-23(32-22)25-19-10-8-7-9-11-19/h7-15,17,21H,16H2,1-6H3,(H,25,27). The second-order valence-corrected chi connectivity index (χ2v) is 16.3. The fraction of sp³-hybridized carbons (Fsp3) is 0.375. The number of hydrogen-bond acceptors (Lipinski definition) is 6. The molecule has 3 rings (SSSR count). The number of amides is 1. The number of aromatic nitrogens is 2. The van der Waals surface area contributed by atoms with Crippen LogP contribution in [0.5, 0.6) is 5.75 Å². The van der Waals surface area contributed by atoms with Crippen molar-refractivity contribution < 1.29 is 14.1 Å². The molecule has 0 aliphatic heterocycles. The molecule has 1 N–H and O–H groups in total. The third-order valence-electron chi connectivity index (χ3n) is 4.34. The van der Waals surface area contributed by atoms with Gasteiger partial charge >= 0.3 is 203 Å². The average molecular weight is 532 g/mol. The maximum absolute atomic E-state index is 12.0. The third kappa shape index (κ3) is 8.12. The summed E-state index contributed by atoms with van der Waals surface area (Å²) in [6.07, 6.45) is 1.28. The van der Waals surface area contributed by atoms with Crippen molar-refractivity contribution >= 4 is 39.6 Å². The van der Waals surface area contributed by atoms with Gasteiger partial charge in [0.25, 0.3) is 0 Å². The van der Waals surface area contributed by atoms with E-state index in [2.05, 4.69) is 35.2 Å². The summed E-state index contributed by atoms with van der Waals surface area (Å²) < 4.78 is 7.87. The fourth-order valence-corrected chi connectivity index (χ4v) is 5.65. The molecule has 0 radical (unpaired) electrons. The Balaban J connectivity index is 1.84. The summed E-state index contributed by atoms with van der Waals surface area (Å²) >= 11 is -0.0642. The summed E-state index contributed by atoms with van der Waals surface area (Å²) in [5, 5.41) is 13.5. The van der Waals surface area contributed by atoms with Gasteiger partial charge in [0, 0.05) is 0 Å². The molecular formula is C24H32N4O3SeSi. The Bertz CT molecular complexity index is 1030. The Labute approximate surface area is 203 Å². The Hall–Kier alpha value is -2.45. The monoisotopic (exact) mass is 532 g/mol. The minimum atomic E-state index is -1.70. The van der Waals surface area contributed by atoms with Crippen LogP contribution in [0.25, 0.3) is 0 Å². The summed E-state index contributed by atoms with van der Waals surface area (Å²) in [7, 11) is -1.70. The Kier molecular flexibility index (Phi) is 8.12. The molecule has 0 spiro atoms. The Morgan fingerprint density at radius 2 is 1.73 bits per heavy atom. The van der Waals surface area contributed by atoms with Crippen LogP contribution in [0.1, 0.15) is 36.9 Å².